The van der Waals surface area contributed by atoms with Crippen LogP contribution >= 0.6 is 0 Å². The van der Waals surface area contributed by atoms with Crippen molar-refractivity contribution in [3.8, 4) is 5.88 Å². The summed E-state index contributed by atoms with van der Waals surface area (Å²) in [4.78, 5) is 23.6. The van der Waals surface area contributed by atoms with E-state index in [0.29, 0.717) is 25.6 Å². The van der Waals surface area contributed by atoms with Crippen molar-refractivity contribution in [2.45, 2.75) is 20.4 Å². The Hall–Kier alpha value is -3.20. The zero-order valence-electron chi connectivity index (χ0n) is 17.5. The van der Waals surface area contributed by atoms with Crippen LogP contribution in [0.4, 0.5) is 5.82 Å². The Morgan fingerprint density at radius 2 is 2.10 bits per heavy atom. The van der Waals surface area contributed by atoms with Crippen LogP contribution in [0.15, 0.2) is 24.4 Å². The lowest BCUT2D eigenvalue weighted by molar-refractivity contribution is -0.123. The maximum atomic E-state index is 12.4. The number of rotatable bonds is 6. The first-order valence-corrected chi connectivity index (χ1v) is 10.00. The monoisotopic (exact) mass is 410 g/mol. The summed E-state index contributed by atoms with van der Waals surface area (Å²) in [7, 11) is 1.82. The van der Waals surface area contributed by atoms with Crippen LogP contribution in [0.2, 0.25) is 0 Å². The molecule has 30 heavy (non-hydrogen) atoms. The lowest BCUT2D eigenvalue weighted by Gasteiger charge is -2.29. The van der Waals surface area contributed by atoms with E-state index in [0.717, 1.165) is 46.8 Å². The van der Waals surface area contributed by atoms with E-state index in [1.165, 1.54) is 0 Å². The van der Waals surface area contributed by atoms with Gasteiger partial charge >= 0.3 is 0 Å². The third-order valence-electron chi connectivity index (χ3n) is 5.08. The molecule has 4 rings (SSSR count). The minimum Gasteiger partial charge on any atom is -0.466 e. The smallest absolute Gasteiger partial charge is 0.258 e. The van der Waals surface area contributed by atoms with Crippen molar-refractivity contribution >= 4 is 22.8 Å². The molecule has 0 aromatic carbocycles. The van der Waals surface area contributed by atoms with Crippen molar-refractivity contribution in [2.75, 3.05) is 37.8 Å². The van der Waals surface area contributed by atoms with Gasteiger partial charge in [-0.25, -0.2) is 14.6 Å². The van der Waals surface area contributed by atoms with Crippen molar-refractivity contribution in [1.82, 2.24) is 25.1 Å². The zero-order chi connectivity index (χ0) is 21.1. The third-order valence-corrected chi connectivity index (χ3v) is 5.08. The SMILES string of the molecule is Cc1cc(C)c2c(OCC(=O)NCc3cccnc3N3CCOCC3)nn(C)c2n1. The van der Waals surface area contributed by atoms with Crippen molar-refractivity contribution in [3.63, 3.8) is 0 Å². The standard InChI is InChI=1S/C21H26N6O3/c1-14-11-15(2)24-20-18(14)21(25-26(20)3)30-13-17(28)23-12-16-5-4-6-22-19(16)27-7-9-29-10-8-27/h4-6,11H,7-10,12-13H2,1-3H3,(H,23,28). The Balaban J connectivity index is 1.39. The number of morpholine rings is 1. The summed E-state index contributed by atoms with van der Waals surface area (Å²) >= 11 is 0. The molecule has 0 spiro atoms. The predicted molar refractivity (Wildman–Crippen MR) is 113 cm³/mol. The Kier molecular flexibility index (Phi) is 5.80. The number of nitrogens with one attached hydrogen (secondary N) is 1. The Labute approximate surface area is 175 Å². The molecule has 9 nitrogen and oxygen atoms in total. The highest BCUT2D eigenvalue weighted by atomic mass is 16.5. The highest BCUT2D eigenvalue weighted by molar-refractivity contribution is 5.85. The normalized spacial score (nSPS) is 14.2. The van der Waals surface area contributed by atoms with E-state index in [1.807, 2.05) is 39.1 Å². The van der Waals surface area contributed by atoms with E-state index in [9.17, 15) is 4.79 Å². The predicted octanol–water partition coefficient (Wildman–Crippen LogP) is 1.51. The summed E-state index contributed by atoms with van der Waals surface area (Å²) in [6.45, 7) is 7.14. The van der Waals surface area contributed by atoms with Gasteiger partial charge in [0.15, 0.2) is 12.3 Å². The van der Waals surface area contributed by atoms with Crippen LogP contribution in [0.25, 0.3) is 11.0 Å². The number of fused-ring (bicyclic) bond motifs is 1. The molecular weight excluding hydrogens is 384 g/mol. The Morgan fingerprint density at radius 3 is 2.90 bits per heavy atom. The number of hydrogen-bond acceptors (Lipinski definition) is 7. The summed E-state index contributed by atoms with van der Waals surface area (Å²) < 4.78 is 12.8. The van der Waals surface area contributed by atoms with Crippen LogP contribution in [0.5, 0.6) is 5.88 Å². The molecule has 0 radical (unpaired) electrons. The summed E-state index contributed by atoms with van der Waals surface area (Å²) in [6, 6.07) is 5.83. The molecule has 1 amide bonds. The molecular formula is C21H26N6O3. The van der Waals surface area contributed by atoms with Gasteiger partial charge in [-0.05, 0) is 31.5 Å². The average molecular weight is 410 g/mol. The number of pyridine rings is 2. The summed E-state index contributed by atoms with van der Waals surface area (Å²) in [6.07, 6.45) is 1.77. The number of amides is 1. The highest BCUT2D eigenvalue weighted by Gasteiger charge is 2.18. The molecule has 4 heterocycles. The van der Waals surface area contributed by atoms with E-state index < -0.39 is 0 Å². The molecule has 1 N–H and O–H groups in total. The molecule has 3 aromatic heterocycles. The molecule has 1 fully saturated rings. The fourth-order valence-corrected chi connectivity index (χ4v) is 3.66. The zero-order valence-corrected chi connectivity index (χ0v) is 17.5. The van der Waals surface area contributed by atoms with E-state index in [4.69, 9.17) is 9.47 Å². The molecule has 1 aliphatic rings. The molecule has 0 atom stereocenters. The van der Waals surface area contributed by atoms with Gasteiger partial charge in [0.1, 0.15) is 5.82 Å². The topological polar surface area (TPSA) is 94.4 Å². The van der Waals surface area contributed by atoms with Gasteiger partial charge in [-0.1, -0.05) is 6.07 Å². The fraction of sp³-hybridized carbons (Fsp3) is 0.429. The number of nitrogens with zero attached hydrogens (tertiary/aromatic N) is 5. The van der Waals surface area contributed by atoms with Crippen LogP contribution in [0.1, 0.15) is 16.8 Å². The summed E-state index contributed by atoms with van der Waals surface area (Å²) in [5.74, 6) is 1.08. The highest BCUT2D eigenvalue weighted by Crippen LogP contribution is 2.27. The molecule has 9 heteroatoms. The first kappa shape index (κ1) is 20.1. The van der Waals surface area contributed by atoms with Gasteiger partial charge in [0.05, 0.1) is 18.6 Å². The number of ether oxygens (including phenoxy) is 2. The number of carbonyl (C=O) groups excluding carboxylic acids is 1. The Morgan fingerprint density at radius 1 is 1.30 bits per heavy atom. The van der Waals surface area contributed by atoms with Crippen LogP contribution < -0.4 is 15.0 Å². The molecule has 0 aliphatic carbocycles. The average Bonchev–Trinajstić information content (AvgIpc) is 3.07. The second-order valence-electron chi connectivity index (χ2n) is 7.36. The number of anilines is 1. The second-order valence-corrected chi connectivity index (χ2v) is 7.36. The van der Waals surface area contributed by atoms with Crippen LogP contribution in [0.3, 0.4) is 0 Å². The number of aromatic nitrogens is 4. The van der Waals surface area contributed by atoms with Gasteiger partial charge in [-0.3, -0.25) is 4.79 Å². The van der Waals surface area contributed by atoms with Crippen LogP contribution in [-0.2, 0) is 23.1 Å². The van der Waals surface area contributed by atoms with Crippen LogP contribution in [0, 0.1) is 13.8 Å². The van der Waals surface area contributed by atoms with E-state index in [2.05, 4.69) is 25.3 Å². The minimum absolute atomic E-state index is 0.118. The van der Waals surface area contributed by atoms with Crippen molar-refractivity contribution in [2.24, 2.45) is 7.05 Å². The molecule has 1 saturated heterocycles. The van der Waals surface area contributed by atoms with Gasteiger partial charge in [0.25, 0.3) is 5.91 Å². The maximum Gasteiger partial charge on any atom is 0.258 e. The molecule has 0 unspecified atom stereocenters. The number of carbonyl (C=O) groups is 1. The van der Waals surface area contributed by atoms with E-state index in [-0.39, 0.29) is 12.5 Å². The molecule has 0 bridgehead atoms. The first-order chi connectivity index (χ1) is 14.5. The third kappa shape index (κ3) is 4.20. The van der Waals surface area contributed by atoms with E-state index in [1.54, 1.807) is 10.9 Å². The first-order valence-electron chi connectivity index (χ1n) is 10.00. The van der Waals surface area contributed by atoms with Gasteiger partial charge in [-0.15, -0.1) is 5.10 Å². The number of aryl methyl sites for hydroxylation is 3. The van der Waals surface area contributed by atoms with Gasteiger partial charge < -0.3 is 19.7 Å². The lowest BCUT2D eigenvalue weighted by Crippen LogP contribution is -2.38. The van der Waals surface area contributed by atoms with Crippen molar-refractivity contribution in [3.05, 3.63) is 41.2 Å². The van der Waals surface area contributed by atoms with E-state index >= 15 is 0 Å². The largest absolute Gasteiger partial charge is 0.466 e. The second kappa shape index (κ2) is 8.66. The molecule has 158 valence electrons. The van der Waals surface area contributed by atoms with Gasteiger partial charge in [0, 0.05) is 44.1 Å². The van der Waals surface area contributed by atoms with Crippen molar-refractivity contribution in [1.29, 1.82) is 0 Å². The minimum atomic E-state index is -0.219. The number of hydrogen-bond donors (Lipinski definition) is 1. The summed E-state index contributed by atoms with van der Waals surface area (Å²) in [5.41, 5.74) is 3.64. The van der Waals surface area contributed by atoms with Gasteiger partial charge in [0.2, 0.25) is 5.88 Å². The quantitative estimate of drug-likeness (QED) is 0.658. The lowest BCUT2D eigenvalue weighted by atomic mass is 10.2. The summed E-state index contributed by atoms with van der Waals surface area (Å²) in [5, 5.41) is 8.13. The molecule has 3 aromatic rings. The Bertz CT molecular complexity index is 1060. The molecule has 1 aliphatic heterocycles. The fourth-order valence-electron chi connectivity index (χ4n) is 3.66. The van der Waals surface area contributed by atoms with Crippen molar-refractivity contribution < 1.29 is 14.3 Å². The maximum absolute atomic E-state index is 12.4. The molecule has 0 saturated carbocycles. The van der Waals surface area contributed by atoms with Crippen LogP contribution in [-0.4, -0.2) is 58.6 Å². The van der Waals surface area contributed by atoms with Gasteiger partial charge in [-0.2, -0.15) is 0 Å².